The van der Waals surface area contributed by atoms with E-state index in [1.54, 1.807) is 18.8 Å². The third kappa shape index (κ3) is 17.6. The fraction of sp³-hybridized carbons (Fsp3) is 0.0286. The van der Waals surface area contributed by atoms with E-state index in [1.165, 1.54) is 70.2 Å². The second-order valence-corrected chi connectivity index (χ2v) is 32.5. The van der Waals surface area contributed by atoms with Gasteiger partial charge in [-0.2, -0.15) is 0 Å². The van der Waals surface area contributed by atoms with E-state index in [-0.39, 0.29) is 28.5 Å². The maximum Gasteiger partial charge on any atom is 0.174 e. The molecule has 0 saturated carbocycles. The molecular weight excluding hydrogens is 1420 g/mol. The predicted molar refractivity (Wildman–Crippen MR) is 356 cm³/mol. The van der Waals surface area contributed by atoms with Gasteiger partial charge in [-0.3, -0.25) is 0 Å². The van der Waals surface area contributed by atoms with Gasteiger partial charge in [-0.1, -0.05) is 243 Å². The molecule has 0 amide bonds. The maximum atomic E-state index is 4.69. The van der Waals surface area contributed by atoms with Gasteiger partial charge in [-0.25, -0.2) is 0 Å². The van der Waals surface area contributed by atoms with Gasteiger partial charge >= 0.3 is 28.2 Å². The Labute approximate surface area is 500 Å². The van der Waals surface area contributed by atoms with Crippen LogP contribution < -0.4 is 58.3 Å². The zero-order valence-electron chi connectivity index (χ0n) is 43.8. The zero-order valence-corrected chi connectivity index (χ0v) is 54.0. The molecule has 0 bridgehead atoms. The molecule has 0 radical (unpaired) electrons. The fourth-order valence-corrected chi connectivity index (χ4v) is 27.8. The summed E-state index contributed by atoms with van der Waals surface area (Å²) in [6, 6.07) is 121. The maximum absolute atomic E-state index is 4.69. The smallest absolute Gasteiger partial charge is 0.0620 e. The van der Waals surface area contributed by atoms with Crippen molar-refractivity contribution in [2.45, 2.75) is 0 Å². The van der Waals surface area contributed by atoms with Gasteiger partial charge in [-0.15, -0.1) is 0 Å². The monoisotopic (exact) mass is 1490 g/mol. The molecule has 0 nitrogen and oxygen atoms in total. The molecule has 0 spiro atoms. The van der Waals surface area contributed by atoms with E-state index >= 15 is 0 Å². The molecule has 0 aliphatic heterocycles. The van der Waals surface area contributed by atoms with E-state index in [4.69, 9.17) is 6.30 Å². The van der Waals surface area contributed by atoms with E-state index in [9.17, 15) is 0 Å². The average Bonchev–Trinajstić information content (AvgIpc) is 3.58. The van der Waals surface area contributed by atoms with E-state index in [0.29, 0.717) is 0 Å². The standard InChI is InChI=1S/2C25H22P2.C19H17P.CH3.ClH.2Pt/c2*1-5-13-22(14-6-1)26(23-15-7-2-8-16-23)21-27(24-17-9-3-10-18-24)25-19-11-4-12-20-25;1-20(17-11-5-2-6-12-17,18-13-7-3-8-14-18)19-15-9-4-10-16-19;;;;/h2*1-20H,21H2;2-16H,1H2;1H3;1H;;/q;;;-1;;;+1/p+3. The molecule has 78 heavy (non-hydrogen) atoms. The van der Waals surface area contributed by atoms with Gasteiger partial charge in [0.15, 0.2) is 11.8 Å². The average molecular weight is 1490 g/mol. The molecule has 0 aliphatic carbocycles. The van der Waals surface area contributed by atoms with Gasteiger partial charge in [0.2, 0.25) is 0 Å². The van der Waals surface area contributed by atoms with Crippen LogP contribution in [0.3, 0.4) is 0 Å². The van der Waals surface area contributed by atoms with Gasteiger partial charge < -0.3 is 7.43 Å². The van der Waals surface area contributed by atoms with E-state index in [2.05, 4.69) is 343 Å². The molecule has 0 atom stereocenters. The Bertz CT molecular complexity index is 2750. The summed E-state index contributed by atoms with van der Waals surface area (Å²) in [4.78, 5) is 0. The van der Waals surface area contributed by atoms with Crippen LogP contribution in [0.4, 0.5) is 0 Å². The molecule has 397 valence electrons. The molecule has 11 aromatic carbocycles. The Hall–Kier alpha value is -4.89. The van der Waals surface area contributed by atoms with Crippen LogP contribution in [-0.4, -0.2) is 18.1 Å². The van der Waals surface area contributed by atoms with Crippen LogP contribution >= 0.6 is 48.0 Å². The van der Waals surface area contributed by atoms with E-state index < -0.39 is 38.6 Å². The first-order valence-electron chi connectivity index (χ1n) is 25.5. The van der Waals surface area contributed by atoms with Gasteiger partial charge in [0.05, 0.1) is 0 Å². The first-order valence-corrected chi connectivity index (χ1v) is 37.2. The SMILES string of the molecule is C=P(c1ccccc1)(c1ccccc1)c1ccccc1.[CH3-].[Cl][Pt].[Pt].c1ccc([PH+](C[PH+](c2ccccc2)c2ccccc2)c2ccccc2)cc1.c1ccc([PH+](C[PH+](c2ccccc2)c2ccccc2)c2ccccc2)cc1. The third-order valence-electron chi connectivity index (χ3n) is 13.3. The van der Waals surface area contributed by atoms with Crippen molar-refractivity contribution < 1.29 is 39.8 Å². The number of hydrogen-bond acceptors (Lipinski definition) is 0. The Kier molecular flexibility index (Phi) is 27.4. The molecule has 0 unspecified atom stereocenters. The summed E-state index contributed by atoms with van der Waals surface area (Å²) in [5.74, 6) is 2.49. The van der Waals surface area contributed by atoms with Crippen molar-refractivity contribution in [2.24, 2.45) is 0 Å². The van der Waals surface area contributed by atoms with Crippen molar-refractivity contribution >= 4 is 113 Å². The van der Waals surface area contributed by atoms with Crippen molar-refractivity contribution in [3.8, 4) is 0 Å². The molecule has 0 aliphatic rings. The van der Waals surface area contributed by atoms with Crippen molar-refractivity contribution in [3.63, 3.8) is 0 Å². The number of benzene rings is 11. The second kappa shape index (κ2) is 34.3. The summed E-state index contributed by atoms with van der Waals surface area (Å²) in [7, 11) is 1.22. The summed E-state index contributed by atoms with van der Waals surface area (Å²) in [5.41, 5.74) is 0. The second-order valence-electron chi connectivity index (χ2n) is 18.0. The van der Waals surface area contributed by atoms with Crippen molar-refractivity contribution in [1.29, 1.82) is 0 Å². The van der Waals surface area contributed by atoms with Crippen molar-refractivity contribution in [2.75, 3.05) is 11.8 Å². The quantitative estimate of drug-likeness (QED) is 0.0709. The molecule has 11 rings (SSSR count). The van der Waals surface area contributed by atoms with Crippen molar-refractivity contribution in [3.05, 3.63) is 341 Å². The molecule has 0 fully saturated rings. The van der Waals surface area contributed by atoms with Crippen LogP contribution in [-0.2, 0) is 39.8 Å². The first-order chi connectivity index (χ1) is 37.6. The number of hydrogen-bond donors (Lipinski definition) is 0. The summed E-state index contributed by atoms with van der Waals surface area (Å²) in [6.07, 6.45) is 4.69. The molecule has 0 N–H and O–H groups in total. The van der Waals surface area contributed by atoms with E-state index in [1.807, 2.05) is 0 Å². The van der Waals surface area contributed by atoms with Crippen LogP contribution in [0.25, 0.3) is 0 Å². The molecule has 0 aromatic heterocycles. The molecule has 0 saturated heterocycles. The van der Waals surface area contributed by atoms with Crippen LogP contribution in [0.1, 0.15) is 0 Å². The van der Waals surface area contributed by atoms with Crippen molar-refractivity contribution in [1.82, 2.24) is 0 Å². The first kappa shape index (κ1) is 62.3. The minimum Gasteiger partial charge on any atom is -0.0620 e. The summed E-state index contributed by atoms with van der Waals surface area (Å²) in [6.45, 7) is -1.78. The topological polar surface area (TPSA) is 0 Å². The van der Waals surface area contributed by atoms with Crippen LogP contribution in [0.2, 0.25) is 0 Å². The molecule has 8 heteroatoms. The van der Waals surface area contributed by atoms with Crippen LogP contribution in [0.5, 0.6) is 0 Å². The van der Waals surface area contributed by atoms with Crippen LogP contribution in [0, 0.1) is 7.43 Å². The van der Waals surface area contributed by atoms with Crippen LogP contribution in [0.15, 0.2) is 334 Å². The minimum atomic E-state index is -1.78. The van der Waals surface area contributed by atoms with Gasteiger partial charge in [-0.05, 0) is 120 Å². The largest absolute Gasteiger partial charge is 0.174 e. The Balaban J connectivity index is 0.000000186. The molecule has 0 heterocycles. The van der Waals surface area contributed by atoms with Gasteiger partial charge in [0.25, 0.3) is 0 Å². The number of halogens is 1. The van der Waals surface area contributed by atoms with Gasteiger partial charge in [0, 0.05) is 21.1 Å². The van der Waals surface area contributed by atoms with Gasteiger partial charge in [0.1, 0.15) is 74.1 Å². The molecule has 11 aromatic rings. The predicted octanol–water partition coefficient (Wildman–Crippen LogP) is 13.9. The summed E-state index contributed by atoms with van der Waals surface area (Å²) < 4.78 is 0. The Morgan fingerprint density at radius 1 is 0.244 bits per heavy atom. The third-order valence-corrected chi connectivity index (χ3v) is 30.7. The normalized spacial score (nSPS) is 10.6. The fourth-order valence-electron chi connectivity index (χ4n) is 9.45. The summed E-state index contributed by atoms with van der Waals surface area (Å²) in [5, 5.41) is 16.0. The Morgan fingerprint density at radius 3 is 0.487 bits per heavy atom. The minimum absolute atomic E-state index is 0. The Morgan fingerprint density at radius 2 is 0.359 bits per heavy atom. The summed E-state index contributed by atoms with van der Waals surface area (Å²) >= 11 is 1.61. The number of rotatable bonds is 15. The zero-order chi connectivity index (χ0) is 52.5. The van der Waals surface area contributed by atoms with E-state index in [0.717, 1.165) is 0 Å². The molecular formula is C70H68ClP5Pt2+3.